The van der Waals surface area contributed by atoms with Crippen molar-refractivity contribution in [1.29, 1.82) is 0 Å². The van der Waals surface area contributed by atoms with Crippen LogP contribution in [0.4, 0.5) is 0 Å². The van der Waals surface area contributed by atoms with Crippen LogP contribution in [0.1, 0.15) is 116 Å². The number of hydrogen-bond acceptors (Lipinski definition) is 5. The molecule has 0 fully saturated rings. The lowest BCUT2D eigenvalue weighted by Crippen LogP contribution is -2.34. The highest BCUT2D eigenvalue weighted by molar-refractivity contribution is 7.13. The Bertz CT molecular complexity index is 1150. The maximum Gasteiger partial charge on any atom is 0.303 e. The number of ether oxygens (including phenoxy) is 1. The lowest BCUT2D eigenvalue weighted by molar-refractivity contribution is -0.136. The summed E-state index contributed by atoms with van der Waals surface area (Å²) in [7, 11) is -1.54. The summed E-state index contributed by atoms with van der Waals surface area (Å²) in [5.41, 5.74) is 2.57. The van der Waals surface area contributed by atoms with Crippen molar-refractivity contribution < 1.29 is 23.5 Å². The van der Waals surface area contributed by atoms with E-state index in [9.17, 15) is 4.79 Å². The number of aliphatic carboxylic acids is 1. The standard InChI is InChI=1S/C32H52O5SSi2/c1-12-22(14-13-15-28(33)34)27-19-17-24(38-27)21-35-23-16-18-25(31(8,9)36-39-29(2,3)4)26(20-23)32(10,11)37-40-30(5,6)7/h14,16-20H,12-13,15,21,39-40H2,1-11H3,(H,33,34). The summed E-state index contributed by atoms with van der Waals surface area (Å²) >= 11 is 1.71. The van der Waals surface area contributed by atoms with Gasteiger partial charge in [0.25, 0.3) is 0 Å². The Morgan fingerprint density at radius 3 is 1.98 bits per heavy atom. The molecule has 40 heavy (non-hydrogen) atoms. The summed E-state index contributed by atoms with van der Waals surface area (Å²) in [6, 6.07) is 10.6. The van der Waals surface area contributed by atoms with Crippen LogP contribution in [0.5, 0.6) is 5.75 Å². The highest BCUT2D eigenvalue weighted by atomic mass is 32.1. The minimum atomic E-state index is -0.785. The highest BCUT2D eigenvalue weighted by Crippen LogP contribution is 2.40. The average Bonchev–Trinajstić information content (AvgIpc) is 3.31. The van der Waals surface area contributed by atoms with Gasteiger partial charge in [0.1, 0.15) is 12.4 Å². The summed E-state index contributed by atoms with van der Waals surface area (Å²) in [6.45, 7) is 24.8. The van der Waals surface area contributed by atoms with Crippen LogP contribution < -0.4 is 4.74 Å². The van der Waals surface area contributed by atoms with Crippen LogP contribution in [0, 0.1) is 0 Å². The van der Waals surface area contributed by atoms with Gasteiger partial charge in [0.2, 0.25) is 0 Å². The van der Waals surface area contributed by atoms with E-state index in [-0.39, 0.29) is 16.5 Å². The maximum absolute atomic E-state index is 10.9. The molecule has 0 saturated carbocycles. The van der Waals surface area contributed by atoms with E-state index in [0.717, 1.165) is 28.2 Å². The molecule has 0 atom stereocenters. The van der Waals surface area contributed by atoms with Crippen molar-refractivity contribution in [3.8, 4) is 5.75 Å². The van der Waals surface area contributed by atoms with Gasteiger partial charge in [-0.25, -0.2) is 0 Å². The Hall–Kier alpha value is -1.72. The second-order valence-electron chi connectivity index (χ2n) is 14.0. The summed E-state index contributed by atoms with van der Waals surface area (Å²) in [5, 5.41) is 9.34. The minimum absolute atomic E-state index is 0.154. The molecule has 0 bridgehead atoms. The quantitative estimate of drug-likeness (QED) is 0.221. The SMILES string of the molecule is CCC(=CCCC(=O)O)c1ccc(COc2ccc(C(C)(C)O[SiH2]C(C)(C)C)c(C(C)(C)O[SiH2]C(C)(C)C)c2)s1. The molecule has 0 amide bonds. The minimum Gasteiger partial charge on any atom is -0.488 e. The number of benzene rings is 1. The largest absolute Gasteiger partial charge is 0.488 e. The Labute approximate surface area is 251 Å². The van der Waals surface area contributed by atoms with E-state index in [1.54, 1.807) is 11.3 Å². The van der Waals surface area contributed by atoms with Gasteiger partial charge >= 0.3 is 5.97 Å². The van der Waals surface area contributed by atoms with Crippen molar-refractivity contribution in [3.63, 3.8) is 0 Å². The molecule has 5 nitrogen and oxygen atoms in total. The van der Waals surface area contributed by atoms with E-state index in [2.05, 4.69) is 106 Å². The Morgan fingerprint density at radius 1 is 0.875 bits per heavy atom. The van der Waals surface area contributed by atoms with Gasteiger partial charge in [-0.2, -0.15) is 0 Å². The molecule has 1 heterocycles. The molecule has 0 aliphatic carbocycles. The van der Waals surface area contributed by atoms with Crippen molar-refractivity contribution in [3.05, 3.63) is 57.3 Å². The number of rotatable bonds is 14. The number of thiophene rings is 1. The monoisotopic (exact) mass is 604 g/mol. The fraction of sp³-hybridized carbons (Fsp3) is 0.594. The van der Waals surface area contributed by atoms with Crippen LogP contribution in [0.2, 0.25) is 10.1 Å². The smallest absolute Gasteiger partial charge is 0.303 e. The fourth-order valence-electron chi connectivity index (χ4n) is 4.16. The molecule has 1 aromatic heterocycles. The zero-order chi connectivity index (χ0) is 30.4. The van der Waals surface area contributed by atoms with Crippen LogP contribution in [0.3, 0.4) is 0 Å². The molecule has 224 valence electrons. The van der Waals surface area contributed by atoms with Crippen LogP contribution in [0.15, 0.2) is 36.4 Å². The molecule has 1 N–H and O–H groups in total. The summed E-state index contributed by atoms with van der Waals surface area (Å²) in [6.07, 6.45) is 3.62. The zero-order valence-electron chi connectivity index (χ0n) is 26.7. The van der Waals surface area contributed by atoms with Crippen LogP contribution in [0.25, 0.3) is 5.57 Å². The van der Waals surface area contributed by atoms with E-state index < -0.39 is 36.7 Å². The van der Waals surface area contributed by atoms with Crippen molar-refractivity contribution >= 4 is 42.4 Å². The molecule has 1 aromatic carbocycles. The van der Waals surface area contributed by atoms with Crippen molar-refractivity contribution in [1.82, 2.24) is 0 Å². The van der Waals surface area contributed by atoms with Gasteiger partial charge in [0.05, 0.1) is 11.2 Å². The van der Waals surface area contributed by atoms with E-state index in [1.165, 1.54) is 10.5 Å². The van der Waals surface area contributed by atoms with Crippen LogP contribution in [-0.4, -0.2) is 30.6 Å². The zero-order valence-corrected chi connectivity index (χ0v) is 30.3. The second-order valence-corrected chi connectivity index (χ2v) is 20.6. The summed E-state index contributed by atoms with van der Waals surface area (Å²) in [5.74, 6) is 0.0531. The van der Waals surface area contributed by atoms with Crippen LogP contribution >= 0.6 is 11.3 Å². The van der Waals surface area contributed by atoms with Gasteiger partial charge in [-0.15, -0.1) is 11.3 Å². The van der Waals surface area contributed by atoms with Gasteiger partial charge in [0.15, 0.2) is 19.5 Å². The average molecular weight is 605 g/mol. The molecule has 0 aliphatic rings. The third-order valence-electron chi connectivity index (χ3n) is 6.51. The molecule has 2 rings (SSSR count). The topological polar surface area (TPSA) is 65.0 Å². The molecule has 0 aliphatic heterocycles. The van der Waals surface area contributed by atoms with Gasteiger partial charge in [-0.1, -0.05) is 60.6 Å². The first-order valence-corrected chi connectivity index (χ1v) is 17.8. The Balaban J connectivity index is 2.31. The predicted octanol–water partition coefficient (Wildman–Crippen LogP) is 8.09. The van der Waals surface area contributed by atoms with Gasteiger partial charge in [0, 0.05) is 16.2 Å². The van der Waals surface area contributed by atoms with Crippen molar-refractivity contribution in [2.45, 2.75) is 123 Å². The number of carboxylic acid groups (broad SMARTS) is 1. The first kappa shape index (κ1) is 34.5. The Morgan fingerprint density at radius 2 is 1.45 bits per heavy atom. The van der Waals surface area contributed by atoms with Crippen molar-refractivity contribution in [2.75, 3.05) is 0 Å². The maximum atomic E-state index is 10.9. The van der Waals surface area contributed by atoms with E-state index in [4.69, 9.17) is 18.7 Å². The predicted molar refractivity (Wildman–Crippen MR) is 175 cm³/mol. The first-order chi connectivity index (χ1) is 18.3. The molecule has 0 radical (unpaired) electrons. The molecule has 0 unspecified atom stereocenters. The molecule has 0 spiro atoms. The molecule has 2 aromatic rings. The number of hydrogen-bond donors (Lipinski definition) is 1. The molecule has 0 saturated heterocycles. The lowest BCUT2D eigenvalue weighted by atomic mass is 9.85. The lowest BCUT2D eigenvalue weighted by Gasteiger charge is -2.37. The number of carbonyl (C=O) groups is 1. The van der Waals surface area contributed by atoms with Gasteiger partial charge in [-0.05, 0) is 91.6 Å². The fourth-order valence-corrected chi connectivity index (χ4v) is 7.09. The van der Waals surface area contributed by atoms with Crippen molar-refractivity contribution in [2.24, 2.45) is 0 Å². The molecular formula is C32H52O5SSi2. The normalized spacial score (nSPS) is 14.1. The van der Waals surface area contributed by atoms with Gasteiger partial charge in [-0.3, -0.25) is 4.79 Å². The van der Waals surface area contributed by atoms with E-state index in [1.807, 2.05) is 6.08 Å². The van der Waals surface area contributed by atoms with E-state index >= 15 is 0 Å². The summed E-state index contributed by atoms with van der Waals surface area (Å²) in [4.78, 5) is 13.2. The first-order valence-electron chi connectivity index (χ1n) is 14.4. The second kappa shape index (κ2) is 14.0. The highest BCUT2D eigenvalue weighted by Gasteiger charge is 2.34. The van der Waals surface area contributed by atoms with E-state index in [0.29, 0.717) is 13.0 Å². The van der Waals surface area contributed by atoms with Gasteiger partial charge < -0.3 is 18.7 Å². The number of carboxylic acids is 1. The Kier molecular flexibility index (Phi) is 12.0. The number of allylic oxidation sites excluding steroid dienone is 2. The molecule has 8 heteroatoms. The molecular weight excluding hydrogens is 553 g/mol. The summed E-state index contributed by atoms with van der Waals surface area (Å²) < 4.78 is 19.6. The van der Waals surface area contributed by atoms with Crippen LogP contribution in [-0.2, 0) is 31.5 Å². The third-order valence-corrected chi connectivity index (χ3v) is 11.1. The third kappa shape index (κ3) is 11.3.